The smallest absolute Gasteiger partial charge is 0.319 e. The van der Waals surface area contributed by atoms with Crippen LogP contribution in [0.2, 0.25) is 5.15 Å². The molecule has 0 spiro atoms. The number of hydrogen-bond donors (Lipinski definition) is 3. The molecular formula is C12H18ClN3O2. The molecule has 1 rings (SSSR count). The van der Waals surface area contributed by atoms with Crippen LogP contribution in [0.5, 0.6) is 0 Å². The van der Waals surface area contributed by atoms with Crippen molar-refractivity contribution in [3.8, 4) is 0 Å². The third-order valence-corrected chi connectivity index (χ3v) is 2.77. The van der Waals surface area contributed by atoms with Crippen molar-refractivity contribution in [1.29, 1.82) is 0 Å². The van der Waals surface area contributed by atoms with Gasteiger partial charge in [0.2, 0.25) is 0 Å². The Labute approximate surface area is 112 Å². The number of carbonyl (C=O) groups excluding carboxylic acids is 1. The molecule has 0 saturated carbocycles. The van der Waals surface area contributed by atoms with Crippen molar-refractivity contribution < 1.29 is 9.90 Å². The number of aromatic nitrogens is 1. The molecule has 0 aliphatic rings. The number of nitrogens with zero attached hydrogens (tertiary/aromatic N) is 1. The maximum Gasteiger partial charge on any atom is 0.319 e. The van der Waals surface area contributed by atoms with Gasteiger partial charge in [0.1, 0.15) is 5.15 Å². The fourth-order valence-corrected chi connectivity index (χ4v) is 1.73. The number of pyridine rings is 1. The van der Waals surface area contributed by atoms with Gasteiger partial charge in [-0.2, -0.15) is 0 Å². The highest BCUT2D eigenvalue weighted by Crippen LogP contribution is 2.13. The van der Waals surface area contributed by atoms with Gasteiger partial charge in [-0.3, -0.25) is 0 Å². The molecule has 0 saturated heterocycles. The first-order valence-electron chi connectivity index (χ1n) is 5.80. The number of aliphatic hydroxyl groups excluding tert-OH is 1. The number of halogens is 1. The summed E-state index contributed by atoms with van der Waals surface area (Å²) in [5.41, 5.74) is -0.0627. The molecule has 5 nitrogen and oxygen atoms in total. The van der Waals surface area contributed by atoms with E-state index in [4.69, 9.17) is 11.6 Å². The lowest BCUT2D eigenvalue weighted by molar-refractivity contribution is 0.167. The first kappa shape index (κ1) is 14.7. The van der Waals surface area contributed by atoms with Crippen LogP contribution in [0.3, 0.4) is 0 Å². The highest BCUT2D eigenvalue weighted by atomic mass is 35.5. The van der Waals surface area contributed by atoms with E-state index >= 15 is 0 Å². The van der Waals surface area contributed by atoms with Gasteiger partial charge in [-0.05, 0) is 25.5 Å². The molecule has 2 amide bonds. The van der Waals surface area contributed by atoms with E-state index in [9.17, 15) is 9.90 Å². The average Bonchev–Trinajstić information content (AvgIpc) is 2.32. The topological polar surface area (TPSA) is 74.2 Å². The number of carbonyl (C=O) groups is 1. The van der Waals surface area contributed by atoms with Gasteiger partial charge >= 0.3 is 6.03 Å². The molecule has 0 radical (unpaired) electrons. The molecule has 1 aromatic heterocycles. The zero-order valence-electron chi connectivity index (χ0n) is 10.5. The number of hydrogen-bond acceptors (Lipinski definition) is 3. The molecule has 100 valence electrons. The zero-order valence-corrected chi connectivity index (χ0v) is 11.3. The molecule has 3 N–H and O–H groups in total. The molecule has 0 aromatic carbocycles. The summed E-state index contributed by atoms with van der Waals surface area (Å²) in [6.07, 6.45) is 3.05. The van der Waals surface area contributed by atoms with Crippen molar-refractivity contribution in [2.45, 2.75) is 32.2 Å². The number of amides is 2. The van der Waals surface area contributed by atoms with Crippen LogP contribution in [0.4, 0.5) is 10.5 Å². The van der Waals surface area contributed by atoms with Gasteiger partial charge in [0.15, 0.2) is 0 Å². The predicted molar refractivity (Wildman–Crippen MR) is 71.8 cm³/mol. The first-order valence-corrected chi connectivity index (χ1v) is 6.18. The number of anilines is 1. The standard InChI is InChI=1S/C12H18ClN3O2/c1-3-6-12(2,8-17)16-11(18)15-9-4-5-10(13)14-7-9/h4-5,7,17H,3,6,8H2,1-2H3,(H2,15,16,18). The van der Waals surface area contributed by atoms with Gasteiger partial charge in [0.05, 0.1) is 24.0 Å². The van der Waals surface area contributed by atoms with Gasteiger partial charge < -0.3 is 15.7 Å². The Morgan fingerprint density at radius 3 is 2.78 bits per heavy atom. The summed E-state index contributed by atoms with van der Waals surface area (Å²) < 4.78 is 0. The van der Waals surface area contributed by atoms with Crippen LogP contribution in [0.15, 0.2) is 18.3 Å². The lowest BCUT2D eigenvalue weighted by atomic mass is 9.98. The summed E-state index contributed by atoms with van der Waals surface area (Å²) in [6.45, 7) is 3.69. The van der Waals surface area contributed by atoms with Crippen molar-refractivity contribution >= 4 is 23.3 Å². The molecule has 6 heteroatoms. The Kier molecular flexibility index (Phi) is 5.37. The number of nitrogens with one attached hydrogen (secondary N) is 2. The van der Waals surface area contributed by atoms with Gasteiger partial charge in [-0.1, -0.05) is 24.9 Å². The van der Waals surface area contributed by atoms with Crippen molar-refractivity contribution in [2.75, 3.05) is 11.9 Å². The molecule has 0 fully saturated rings. The second-order valence-corrected chi connectivity index (χ2v) is 4.80. The van der Waals surface area contributed by atoms with E-state index in [0.29, 0.717) is 17.3 Å². The van der Waals surface area contributed by atoms with Crippen LogP contribution in [0, 0.1) is 0 Å². The molecular weight excluding hydrogens is 254 g/mol. The first-order chi connectivity index (χ1) is 8.49. The SMILES string of the molecule is CCCC(C)(CO)NC(=O)Nc1ccc(Cl)nc1. The Bertz CT molecular complexity index is 397. The van der Waals surface area contributed by atoms with E-state index in [1.54, 1.807) is 19.1 Å². The largest absolute Gasteiger partial charge is 0.394 e. The van der Waals surface area contributed by atoms with Crippen molar-refractivity contribution in [1.82, 2.24) is 10.3 Å². The summed E-state index contributed by atoms with van der Waals surface area (Å²) in [5, 5.41) is 15.0. The van der Waals surface area contributed by atoms with Gasteiger partial charge in [-0.15, -0.1) is 0 Å². The van der Waals surface area contributed by atoms with E-state index in [1.165, 1.54) is 6.20 Å². The minimum Gasteiger partial charge on any atom is -0.394 e. The molecule has 1 atom stereocenters. The fraction of sp³-hybridized carbons (Fsp3) is 0.500. The maximum atomic E-state index is 11.8. The van der Waals surface area contributed by atoms with E-state index in [0.717, 1.165) is 6.42 Å². The number of aliphatic hydroxyl groups is 1. The minimum absolute atomic E-state index is 0.104. The monoisotopic (exact) mass is 271 g/mol. The quantitative estimate of drug-likeness (QED) is 0.720. The highest BCUT2D eigenvalue weighted by Gasteiger charge is 2.24. The maximum absolute atomic E-state index is 11.8. The molecule has 1 aromatic rings. The third kappa shape index (κ3) is 4.50. The summed E-state index contributed by atoms with van der Waals surface area (Å²) in [5.74, 6) is 0. The zero-order chi connectivity index (χ0) is 13.6. The normalized spacial score (nSPS) is 13.8. The average molecular weight is 272 g/mol. The van der Waals surface area contributed by atoms with E-state index < -0.39 is 5.54 Å². The van der Waals surface area contributed by atoms with E-state index in [2.05, 4.69) is 15.6 Å². The summed E-state index contributed by atoms with van der Waals surface area (Å²) in [7, 11) is 0. The van der Waals surface area contributed by atoms with Crippen molar-refractivity contribution in [3.05, 3.63) is 23.5 Å². The second-order valence-electron chi connectivity index (χ2n) is 4.42. The Morgan fingerprint density at radius 1 is 1.56 bits per heavy atom. The summed E-state index contributed by atoms with van der Waals surface area (Å²) >= 11 is 5.65. The van der Waals surface area contributed by atoms with E-state index in [1.807, 2.05) is 6.92 Å². The van der Waals surface area contributed by atoms with Gasteiger partial charge in [0, 0.05) is 0 Å². The molecule has 0 aliphatic heterocycles. The Hall–Kier alpha value is -1.33. The van der Waals surface area contributed by atoms with Gasteiger partial charge in [-0.25, -0.2) is 9.78 Å². The van der Waals surface area contributed by atoms with Crippen LogP contribution >= 0.6 is 11.6 Å². The predicted octanol–water partition coefficient (Wildman–Crippen LogP) is 2.41. The number of rotatable bonds is 5. The molecule has 1 heterocycles. The van der Waals surface area contributed by atoms with Crippen LogP contribution in [0.25, 0.3) is 0 Å². The minimum atomic E-state index is -0.612. The fourth-order valence-electron chi connectivity index (χ4n) is 1.62. The summed E-state index contributed by atoms with van der Waals surface area (Å²) in [4.78, 5) is 15.6. The Morgan fingerprint density at radius 2 is 2.28 bits per heavy atom. The van der Waals surface area contributed by atoms with Crippen LogP contribution in [-0.4, -0.2) is 28.3 Å². The molecule has 1 unspecified atom stereocenters. The third-order valence-electron chi connectivity index (χ3n) is 2.55. The van der Waals surface area contributed by atoms with Crippen LogP contribution in [0.1, 0.15) is 26.7 Å². The lowest BCUT2D eigenvalue weighted by Gasteiger charge is -2.28. The number of urea groups is 1. The van der Waals surface area contributed by atoms with Crippen molar-refractivity contribution in [3.63, 3.8) is 0 Å². The second kappa shape index (κ2) is 6.56. The summed E-state index contributed by atoms with van der Waals surface area (Å²) in [6, 6.07) is 2.88. The highest BCUT2D eigenvalue weighted by molar-refractivity contribution is 6.29. The van der Waals surface area contributed by atoms with Crippen LogP contribution in [-0.2, 0) is 0 Å². The Balaban J connectivity index is 2.58. The molecule has 18 heavy (non-hydrogen) atoms. The lowest BCUT2D eigenvalue weighted by Crippen LogP contribution is -2.50. The molecule has 0 bridgehead atoms. The molecule has 0 aliphatic carbocycles. The van der Waals surface area contributed by atoms with Gasteiger partial charge in [0.25, 0.3) is 0 Å². The van der Waals surface area contributed by atoms with E-state index in [-0.39, 0.29) is 12.6 Å². The van der Waals surface area contributed by atoms with Crippen LogP contribution < -0.4 is 10.6 Å². The van der Waals surface area contributed by atoms with Crippen molar-refractivity contribution in [2.24, 2.45) is 0 Å².